The number of nitrogens with zero attached hydrogens (tertiary/aromatic N) is 3. The quantitative estimate of drug-likeness (QED) is 0.270. The van der Waals surface area contributed by atoms with Gasteiger partial charge in [0.1, 0.15) is 0 Å². The van der Waals surface area contributed by atoms with Crippen LogP contribution in [0.5, 0.6) is 11.5 Å². The summed E-state index contributed by atoms with van der Waals surface area (Å²) in [5, 5.41) is 0. The van der Waals surface area contributed by atoms with E-state index in [0.29, 0.717) is 36.3 Å². The predicted molar refractivity (Wildman–Crippen MR) is 155 cm³/mol. The van der Waals surface area contributed by atoms with E-state index in [-0.39, 0.29) is 24.2 Å². The third-order valence-corrected chi connectivity index (χ3v) is 8.60. The molecule has 2 aliphatic heterocycles. The summed E-state index contributed by atoms with van der Waals surface area (Å²) in [6, 6.07) is 6.97. The van der Waals surface area contributed by atoms with E-state index in [9.17, 15) is 31.1 Å². The molecule has 44 heavy (non-hydrogen) atoms. The molecule has 6 nitrogen and oxygen atoms in total. The van der Waals surface area contributed by atoms with Gasteiger partial charge in [-0.3, -0.25) is 9.69 Å². The van der Waals surface area contributed by atoms with Gasteiger partial charge in [0.2, 0.25) is 5.91 Å². The van der Waals surface area contributed by atoms with Crippen LogP contribution >= 0.6 is 0 Å². The number of hydrogen-bond donors (Lipinski definition) is 0. The highest BCUT2D eigenvalue weighted by molar-refractivity contribution is 5.78. The number of hydrogen-bond acceptors (Lipinski definition) is 5. The van der Waals surface area contributed by atoms with Crippen molar-refractivity contribution in [2.24, 2.45) is 0 Å². The van der Waals surface area contributed by atoms with E-state index in [4.69, 9.17) is 9.47 Å². The number of carbonyl (C=O) groups excluding carboxylic acids is 1. The van der Waals surface area contributed by atoms with Crippen molar-refractivity contribution in [1.82, 2.24) is 14.7 Å². The Morgan fingerprint density at radius 2 is 1.57 bits per heavy atom. The number of methoxy groups -OCH3 is 1. The summed E-state index contributed by atoms with van der Waals surface area (Å²) in [6.45, 7) is 6.12. The molecular formula is C32H41F6N3O3. The minimum Gasteiger partial charge on any atom is -0.493 e. The smallest absolute Gasteiger partial charge is 0.416 e. The third-order valence-electron chi connectivity index (χ3n) is 8.60. The second kappa shape index (κ2) is 14.4. The fourth-order valence-electron chi connectivity index (χ4n) is 6.30. The number of rotatable bonds is 10. The zero-order valence-electron chi connectivity index (χ0n) is 25.4. The lowest BCUT2D eigenvalue weighted by atomic mass is 9.95. The maximum atomic E-state index is 13.4. The van der Waals surface area contributed by atoms with E-state index in [0.717, 1.165) is 44.6 Å². The van der Waals surface area contributed by atoms with Gasteiger partial charge in [-0.1, -0.05) is 18.6 Å². The van der Waals surface area contributed by atoms with Gasteiger partial charge in [0, 0.05) is 38.3 Å². The Hall–Kier alpha value is -2.99. The Morgan fingerprint density at radius 1 is 0.955 bits per heavy atom. The number of halogens is 6. The largest absolute Gasteiger partial charge is 0.493 e. The summed E-state index contributed by atoms with van der Waals surface area (Å²) in [7, 11) is 3.06. The lowest BCUT2D eigenvalue weighted by Gasteiger charge is -2.43. The first-order chi connectivity index (χ1) is 20.8. The normalized spacial score (nSPS) is 18.2. The number of benzene rings is 2. The molecule has 2 fully saturated rings. The molecular weight excluding hydrogens is 588 g/mol. The number of piperidine rings is 2. The van der Waals surface area contributed by atoms with E-state index in [2.05, 4.69) is 9.80 Å². The van der Waals surface area contributed by atoms with Crippen LogP contribution in [0.2, 0.25) is 0 Å². The number of para-hydroxylation sites is 1. The molecule has 2 aliphatic rings. The highest BCUT2D eigenvalue weighted by Gasteiger charge is 2.38. The summed E-state index contributed by atoms with van der Waals surface area (Å²) in [6.07, 6.45) is -5.02. The SMILES string of the molecule is CCOc1c(OC)cccc1C(CN(C)C(=O)Cc1cc(C(F)(F)F)cc(C(F)(F)F)c1)N1CCC(N2CCCCC2)CC1. The summed E-state index contributed by atoms with van der Waals surface area (Å²) in [5.74, 6) is 0.496. The first kappa shape index (κ1) is 33.9. The van der Waals surface area contributed by atoms with Crippen molar-refractivity contribution < 1.29 is 40.6 Å². The van der Waals surface area contributed by atoms with Crippen LogP contribution in [-0.4, -0.2) is 80.1 Å². The fraction of sp³-hybridized carbons (Fsp3) is 0.594. The Bertz CT molecular complexity index is 1220. The Labute approximate surface area is 254 Å². The van der Waals surface area contributed by atoms with Crippen molar-refractivity contribution in [3.05, 3.63) is 58.7 Å². The number of carbonyl (C=O) groups is 1. The first-order valence-electron chi connectivity index (χ1n) is 15.1. The van der Waals surface area contributed by atoms with Crippen molar-refractivity contribution in [1.29, 1.82) is 0 Å². The standard InChI is InChI=1S/C32H41F6N3O3/c1-4-44-30-26(9-8-10-28(30)43-3)27(41-15-11-25(12-16-41)40-13-6-5-7-14-40)21-39(2)29(42)19-22-17-23(31(33,34)35)20-24(18-22)32(36,37)38/h8-10,17-18,20,25,27H,4-7,11-16,19,21H2,1-3H3. The summed E-state index contributed by atoms with van der Waals surface area (Å²) >= 11 is 0. The van der Waals surface area contributed by atoms with Crippen LogP contribution in [0.4, 0.5) is 26.3 Å². The molecule has 0 aromatic heterocycles. The van der Waals surface area contributed by atoms with E-state index >= 15 is 0 Å². The minimum absolute atomic E-state index is 0.0687. The molecule has 0 radical (unpaired) electrons. The van der Waals surface area contributed by atoms with Gasteiger partial charge < -0.3 is 19.3 Å². The molecule has 1 unspecified atom stereocenters. The predicted octanol–water partition coefficient (Wildman–Crippen LogP) is 6.82. The van der Waals surface area contributed by atoms with Crippen LogP contribution in [0, 0.1) is 0 Å². The lowest BCUT2D eigenvalue weighted by Crippen LogP contribution is -2.49. The summed E-state index contributed by atoms with van der Waals surface area (Å²) in [5.41, 5.74) is -2.42. The minimum atomic E-state index is -4.99. The Balaban J connectivity index is 1.58. The van der Waals surface area contributed by atoms with Crippen molar-refractivity contribution in [3.63, 3.8) is 0 Å². The molecule has 0 aliphatic carbocycles. The molecule has 4 rings (SSSR count). The Kier molecular flexibility index (Phi) is 11.1. The van der Waals surface area contributed by atoms with Gasteiger partial charge in [0.25, 0.3) is 0 Å². The maximum Gasteiger partial charge on any atom is 0.416 e. The molecule has 2 aromatic rings. The molecule has 1 amide bonds. The molecule has 2 saturated heterocycles. The summed E-state index contributed by atoms with van der Waals surface area (Å²) < 4.78 is 92.0. The highest BCUT2D eigenvalue weighted by Crippen LogP contribution is 2.40. The molecule has 0 spiro atoms. The Morgan fingerprint density at radius 3 is 2.11 bits per heavy atom. The molecule has 0 bridgehead atoms. The maximum absolute atomic E-state index is 13.4. The molecule has 2 heterocycles. The van der Waals surface area contributed by atoms with Crippen LogP contribution < -0.4 is 9.47 Å². The van der Waals surface area contributed by atoms with Gasteiger partial charge in [0.15, 0.2) is 11.5 Å². The monoisotopic (exact) mass is 629 g/mol. The van der Waals surface area contributed by atoms with E-state index < -0.39 is 35.8 Å². The van der Waals surface area contributed by atoms with Crippen LogP contribution in [0.25, 0.3) is 0 Å². The summed E-state index contributed by atoms with van der Waals surface area (Å²) in [4.78, 5) is 19.6. The van der Waals surface area contributed by atoms with E-state index in [1.54, 1.807) is 13.2 Å². The average Bonchev–Trinajstić information content (AvgIpc) is 2.99. The molecule has 2 aromatic carbocycles. The van der Waals surface area contributed by atoms with Gasteiger partial charge in [-0.2, -0.15) is 26.3 Å². The third kappa shape index (κ3) is 8.38. The lowest BCUT2D eigenvalue weighted by molar-refractivity contribution is -0.143. The van der Waals surface area contributed by atoms with E-state index in [1.807, 2.05) is 19.1 Å². The second-order valence-electron chi connectivity index (χ2n) is 11.6. The zero-order valence-corrected chi connectivity index (χ0v) is 25.4. The number of ether oxygens (including phenoxy) is 2. The molecule has 12 heteroatoms. The van der Waals surface area contributed by atoms with Crippen molar-refractivity contribution >= 4 is 5.91 Å². The first-order valence-corrected chi connectivity index (χ1v) is 15.1. The van der Waals surface area contributed by atoms with Crippen LogP contribution in [-0.2, 0) is 23.6 Å². The van der Waals surface area contributed by atoms with Crippen LogP contribution in [0.1, 0.15) is 67.3 Å². The second-order valence-corrected chi connectivity index (χ2v) is 11.6. The molecule has 1 atom stereocenters. The number of alkyl halides is 6. The van der Waals surface area contributed by atoms with Crippen molar-refractivity contribution in [2.45, 2.75) is 69.9 Å². The van der Waals surface area contributed by atoms with E-state index in [1.165, 1.54) is 31.2 Å². The van der Waals surface area contributed by atoms with Crippen molar-refractivity contribution in [2.75, 3.05) is 53.5 Å². The fourth-order valence-corrected chi connectivity index (χ4v) is 6.30. The van der Waals surface area contributed by atoms with Crippen LogP contribution in [0.15, 0.2) is 36.4 Å². The average molecular weight is 630 g/mol. The van der Waals surface area contributed by atoms with Gasteiger partial charge >= 0.3 is 12.4 Å². The van der Waals surface area contributed by atoms with Crippen molar-refractivity contribution in [3.8, 4) is 11.5 Å². The highest BCUT2D eigenvalue weighted by atomic mass is 19.4. The topological polar surface area (TPSA) is 45.3 Å². The number of likely N-dealkylation sites (N-methyl/N-ethyl adjacent to an activating group) is 1. The molecule has 244 valence electrons. The molecule has 0 saturated carbocycles. The van der Waals surface area contributed by atoms with Gasteiger partial charge in [-0.25, -0.2) is 0 Å². The van der Waals surface area contributed by atoms with Gasteiger partial charge in [-0.15, -0.1) is 0 Å². The molecule has 0 N–H and O–H groups in total. The van der Waals surface area contributed by atoms with Gasteiger partial charge in [0.05, 0.1) is 37.3 Å². The zero-order chi connectivity index (χ0) is 32.1. The number of amides is 1. The van der Waals surface area contributed by atoms with Gasteiger partial charge in [-0.05, 0) is 75.5 Å². The van der Waals surface area contributed by atoms with Crippen LogP contribution in [0.3, 0.4) is 0 Å². The number of likely N-dealkylation sites (tertiary alicyclic amines) is 2.